The molecule has 1 aliphatic carbocycles. The molecule has 74 valence electrons. The Morgan fingerprint density at radius 3 is 3.15 bits per heavy atom. The molecule has 0 heterocycles. The first-order valence-corrected chi connectivity index (χ1v) is 4.48. The van der Waals surface area contributed by atoms with E-state index < -0.39 is 6.09 Å². The van der Waals surface area contributed by atoms with Crippen LogP contribution >= 0.6 is 0 Å². The number of aliphatic hydroxyl groups is 1. The van der Waals surface area contributed by atoms with Gasteiger partial charge in [-0.2, -0.15) is 0 Å². The SMILES string of the molecule is CCOC(=O)N[C@H]1C=CC[C@H]1CO. The zero-order valence-corrected chi connectivity index (χ0v) is 7.69. The second kappa shape index (κ2) is 4.87. The summed E-state index contributed by atoms with van der Waals surface area (Å²) in [6.07, 6.45) is 4.24. The van der Waals surface area contributed by atoms with Crippen molar-refractivity contribution in [1.82, 2.24) is 5.32 Å². The lowest BCUT2D eigenvalue weighted by molar-refractivity contribution is 0.142. The van der Waals surface area contributed by atoms with Crippen LogP contribution in [0.3, 0.4) is 0 Å². The minimum Gasteiger partial charge on any atom is -0.450 e. The Balaban J connectivity index is 2.35. The molecule has 0 spiro atoms. The van der Waals surface area contributed by atoms with Gasteiger partial charge in [0.15, 0.2) is 0 Å². The normalized spacial score (nSPS) is 26.0. The Morgan fingerprint density at radius 1 is 1.77 bits per heavy atom. The Hall–Kier alpha value is -1.03. The highest BCUT2D eigenvalue weighted by Crippen LogP contribution is 2.17. The largest absolute Gasteiger partial charge is 0.450 e. The van der Waals surface area contributed by atoms with Crippen LogP contribution in [-0.2, 0) is 4.74 Å². The van der Waals surface area contributed by atoms with E-state index >= 15 is 0 Å². The van der Waals surface area contributed by atoms with E-state index in [-0.39, 0.29) is 18.6 Å². The molecule has 0 fully saturated rings. The van der Waals surface area contributed by atoms with Gasteiger partial charge >= 0.3 is 6.09 Å². The van der Waals surface area contributed by atoms with Crippen LogP contribution in [-0.4, -0.2) is 30.5 Å². The average molecular weight is 185 g/mol. The smallest absolute Gasteiger partial charge is 0.407 e. The Labute approximate surface area is 77.6 Å². The standard InChI is InChI=1S/C9H15NO3/c1-2-13-9(12)10-8-5-3-4-7(8)6-11/h3,5,7-8,11H,2,4,6H2,1H3,(H,10,12)/t7-,8-/m0/s1. The quantitative estimate of drug-likeness (QED) is 0.635. The van der Waals surface area contributed by atoms with Crippen molar-refractivity contribution in [3.05, 3.63) is 12.2 Å². The lowest BCUT2D eigenvalue weighted by atomic mass is 10.0. The number of hydrogen-bond acceptors (Lipinski definition) is 3. The number of carbonyl (C=O) groups excluding carboxylic acids is 1. The fourth-order valence-corrected chi connectivity index (χ4v) is 1.37. The predicted molar refractivity (Wildman–Crippen MR) is 48.3 cm³/mol. The molecule has 1 aliphatic rings. The highest BCUT2D eigenvalue weighted by Gasteiger charge is 2.23. The third-order valence-corrected chi connectivity index (χ3v) is 2.08. The number of ether oxygens (including phenoxy) is 1. The van der Waals surface area contributed by atoms with E-state index in [1.54, 1.807) is 6.92 Å². The molecule has 0 saturated heterocycles. The van der Waals surface area contributed by atoms with Gasteiger partial charge in [-0.1, -0.05) is 12.2 Å². The summed E-state index contributed by atoms with van der Waals surface area (Å²) in [7, 11) is 0. The van der Waals surface area contributed by atoms with Crippen molar-refractivity contribution in [1.29, 1.82) is 0 Å². The summed E-state index contributed by atoms with van der Waals surface area (Å²) >= 11 is 0. The van der Waals surface area contributed by atoms with Crippen LogP contribution in [0.1, 0.15) is 13.3 Å². The number of allylic oxidation sites excluding steroid dienone is 1. The van der Waals surface area contributed by atoms with E-state index in [1.165, 1.54) is 0 Å². The predicted octanol–water partition coefficient (Wildman–Crippen LogP) is 0.669. The molecule has 0 bridgehead atoms. The molecule has 1 amide bonds. The number of hydrogen-bond donors (Lipinski definition) is 2. The topological polar surface area (TPSA) is 58.6 Å². The molecule has 4 heteroatoms. The van der Waals surface area contributed by atoms with Crippen molar-refractivity contribution < 1.29 is 14.6 Å². The molecule has 13 heavy (non-hydrogen) atoms. The molecule has 0 radical (unpaired) electrons. The van der Waals surface area contributed by atoms with Crippen molar-refractivity contribution in [2.24, 2.45) is 5.92 Å². The molecule has 0 aromatic rings. The maximum atomic E-state index is 11.0. The second-order valence-corrected chi connectivity index (χ2v) is 3.00. The fraction of sp³-hybridized carbons (Fsp3) is 0.667. The summed E-state index contributed by atoms with van der Waals surface area (Å²) in [6.45, 7) is 2.21. The van der Waals surface area contributed by atoms with Crippen molar-refractivity contribution in [2.75, 3.05) is 13.2 Å². The number of nitrogens with one attached hydrogen (secondary N) is 1. The van der Waals surface area contributed by atoms with Crippen LogP contribution in [0.5, 0.6) is 0 Å². The van der Waals surface area contributed by atoms with Crippen LogP contribution in [0.25, 0.3) is 0 Å². The van der Waals surface area contributed by atoms with Crippen molar-refractivity contribution >= 4 is 6.09 Å². The minimum atomic E-state index is -0.419. The van der Waals surface area contributed by atoms with Gasteiger partial charge in [-0.25, -0.2) is 4.79 Å². The Morgan fingerprint density at radius 2 is 2.54 bits per heavy atom. The molecule has 2 atom stereocenters. The molecule has 0 aromatic heterocycles. The third kappa shape index (κ3) is 2.73. The number of alkyl carbamates (subject to hydrolysis) is 1. The first-order valence-electron chi connectivity index (χ1n) is 4.48. The van der Waals surface area contributed by atoms with Gasteiger partial charge in [0, 0.05) is 12.5 Å². The Kier molecular flexibility index (Phi) is 3.76. The van der Waals surface area contributed by atoms with Gasteiger partial charge in [0.2, 0.25) is 0 Å². The van der Waals surface area contributed by atoms with Crippen LogP contribution in [0.2, 0.25) is 0 Å². The highest BCUT2D eigenvalue weighted by molar-refractivity contribution is 5.68. The first-order chi connectivity index (χ1) is 6.27. The summed E-state index contributed by atoms with van der Waals surface area (Å²) < 4.78 is 4.73. The molecule has 4 nitrogen and oxygen atoms in total. The number of carbonyl (C=O) groups is 1. The van der Waals surface area contributed by atoms with E-state index in [9.17, 15) is 4.79 Å². The lowest BCUT2D eigenvalue weighted by Crippen LogP contribution is -2.38. The van der Waals surface area contributed by atoms with Gasteiger partial charge in [0.25, 0.3) is 0 Å². The summed E-state index contributed by atoms with van der Waals surface area (Å²) in [4.78, 5) is 11.0. The number of aliphatic hydroxyl groups excluding tert-OH is 1. The van der Waals surface area contributed by atoms with E-state index in [4.69, 9.17) is 9.84 Å². The molecule has 0 aromatic carbocycles. The summed E-state index contributed by atoms with van der Waals surface area (Å²) in [5.74, 6) is 0.101. The average Bonchev–Trinajstić information content (AvgIpc) is 2.52. The lowest BCUT2D eigenvalue weighted by Gasteiger charge is -2.17. The summed E-state index contributed by atoms with van der Waals surface area (Å²) in [6, 6.07) is -0.0796. The summed E-state index contributed by atoms with van der Waals surface area (Å²) in [5, 5.41) is 11.6. The second-order valence-electron chi connectivity index (χ2n) is 3.00. The molecule has 1 rings (SSSR count). The molecule has 0 saturated carbocycles. The maximum absolute atomic E-state index is 11.0. The van der Waals surface area contributed by atoms with Crippen LogP contribution in [0.4, 0.5) is 4.79 Å². The monoisotopic (exact) mass is 185 g/mol. The molecular weight excluding hydrogens is 170 g/mol. The third-order valence-electron chi connectivity index (χ3n) is 2.08. The van der Waals surface area contributed by atoms with Crippen LogP contribution in [0, 0.1) is 5.92 Å². The fourth-order valence-electron chi connectivity index (χ4n) is 1.37. The van der Waals surface area contributed by atoms with Gasteiger partial charge in [-0.3, -0.25) is 0 Å². The molecule has 2 N–H and O–H groups in total. The van der Waals surface area contributed by atoms with Crippen LogP contribution in [0.15, 0.2) is 12.2 Å². The first kappa shape index (κ1) is 10.1. The van der Waals surface area contributed by atoms with Gasteiger partial charge in [0.05, 0.1) is 12.6 Å². The molecular formula is C9H15NO3. The van der Waals surface area contributed by atoms with E-state index in [0.717, 1.165) is 6.42 Å². The minimum absolute atomic E-state index is 0.0796. The van der Waals surface area contributed by atoms with Crippen molar-refractivity contribution in [3.63, 3.8) is 0 Å². The zero-order chi connectivity index (χ0) is 9.68. The van der Waals surface area contributed by atoms with Crippen molar-refractivity contribution in [3.8, 4) is 0 Å². The maximum Gasteiger partial charge on any atom is 0.407 e. The molecule has 0 unspecified atom stereocenters. The van der Waals surface area contributed by atoms with E-state index in [1.807, 2.05) is 12.2 Å². The number of rotatable bonds is 3. The van der Waals surface area contributed by atoms with E-state index in [0.29, 0.717) is 6.61 Å². The van der Waals surface area contributed by atoms with E-state index in [2.05, 4.69) is 5.32 Å². The van der Waals surface area contributed by atoms with Crippen molar-refractivity contribution in [2.45, 2.75) is 19.4 Å². The zero-order valence-electron chi connectivity index (χ0n) is 7.69. The number of amides is 1. The van der Waals surface area contributed by atoms with Gasteiger partial charge < -0.3 is 15.2 Å². The van der Waals surface area contributed by atoms with Crippen LogP contribution < -0.4 is 5.32 Å². The van der Waals surface area contributed by atoms with Gasteiger partial charge in [0.1, 0.15) is 0 Å². The Bertz CT molecular complexity index is 203. The van der Waals surface area contributed by atoms with Gasteiger partial charge in [-0.15, -0.1) is 0 Å². The van der Waals surface area contributed by atoms with Gasteiger partial charge in [-0.05, 0) is 13.3 Å². The highest BCUT2D eigenvalue weighted by atomic mass is 16.5. The molecule has 0 aliphatic heterocycles. The summed E-state index contributed by atoms with van der Waals surface area (Å²) in [5.41, 5.74) is 0.